The molecule has 0 saturated heterocycles. The molecule has 0 aliphatic carbocycles. The number of nitrogens with zero attached hydrogens (tertiary/aromatic N) is 2. The molecule has 1 aromatic heterocycles. The molecule has 1 aromatic rings. The van der Waals surface area contributed by atoms with Crippen LogP contribution in [0.2, 0.25) is 0 Å². The molecule has 1 unspecified atom stereocenters. The maximum atomic E-state index is 11.5. The minimum atomic E-state index is -0.872. The molecule has 1 rings (SSSR count). The number of carboxylic acids is 1. The first-order valence-electron chi connectivity index (χ1n) is 5.60. The predicted molar refractivity (Wildman–Crippen MR) is 63.7 cm³/mol. The molecule has 0 radical (unpaired) electrons. The zero-order chi connectivity index (χ0) is 13.4. The number of amides is 2. The topological polar surface area (TPSA) is 104 Å². The van der Waals surface area contributed by atoms with E-state index in [-0.39, 0.29) is 25.0 Å². The molecule has 2 amide bonds. The van der Waals surface area contributed by atoms with Gasteiger partial charge in [0.05, 0.1) is 12.2 Å². The number of nitrogens with one attached hydrogen (secondary N) is 2. The highest BCUT2D eigenvalue weighted by molar-refractivity contribution is 5.74. The molecule has 18 heavy (non-hydrogen) atoms. The van der Waals surface area contributed by atoms with E-state index in [9.17, 15) is 9.59 Å². The van der Waals surface area contributed by atoms with E-state index in [2.05, 4.69) is 20.8 Å². The number of carbonyl (C=O) groups excluding carboxylic acids is 1. The summed E-state index contributed by atoms with van der Waals surface area (Å²) in [5, 5.41) is 21.3. The maximum absolute atomic E-state index is 11.5. The summed E-state index contributed by atoms with van der Waals surface area (Å²) in [6.07, 6.45) is 1.98. The van der Waals surface area contributed by atoms with Gasteiger partial charge in [-0.25, -0.2) is 4.79 Å². The monoisotopic (exact) mass is 252 g/mol. The lowest BCUT2D eigenvalue weighted by molar-refractivity contribution is -0.137. The van der Waals surface area contributed by atoms with Crippen LogP contribution in [0.1, 0.15) is 25.5 Å². The largest absolute Gasteiger partial charge is 0.481 e. The first kappa shape index (κ1) is 13.9. The van der Waals surface area contributed by atoms with Crippen LogP contribution in [0.4, 0.5) is 4.79 Å². The van der Waals surface area contributed by atoms with Crippen molar-refractivity contribution in [3.63, 3.8) is 0 Å². The summed E-state index contributed by atoms with van der Waals surface area (Å²) in [5.41, 5.74) is 0.658. The van der Waals surface area contributed by atoms with Gasteiger partial charge in [0.2, 0.25) is 0 Å². The second kappa shape index (κ2) is 7.21. The molecule has 0 aliphatic heterocycles. The third-order valence-electron chi connectivity index (χ3n) is 2.23. The van der Waals surface area contributed by atoms with Crippen LogP contribution in [-0.2, 0) is 11.3 Å². The van der Waals surface area contributed by atoms with Crippen molar-refractivity contribution in [2.24, 2.45) is 0 Å². The lowest BCUT2D eigenvalue weighted by Gasteiger charge is -2.13. The van der Waals surface area contributed by atoms with E-state index in [4.69, 9.17) is 5.11 Å². The summed E-state index contributed by atoms with van der Waals surface area (Å²) >= 11 is 0. The van der Waals surface area contributed by atoms with E-state index in [1.54, 1.807) is 25.3 Å². The van der Waals surface area contributed by atoms with Gasteiger partial charge in [0.15, 0.2) is 0 Å². The Hall–Kier alpha value is -2.18. The normalized spacial score (nSPS) is 11.6. The number of hydrogen-bond acceptors (Lipinski definition) is 4. The lowest BCUT2D eigenvalue weighted by Crippen LogP contribution is -2.40. The van der Waals surface area contributed by atoms with Gasteiger partial charge in [-0.05, 0) is 25.5 Å². The van der Waals surface area contributed by atoms with Crippen LogP contribution in [0.25, 0.3) is 0 Å². The third kappa shape index (κ3) is 5.78. The Morgan fingerprint density at radius 2 is 2.28 bits per heavy atom. The molecule has 0 saturated carbocycles. The maximum Gasteiger partial charge on any atom is 0.315 e. The molecule has 0 aromatic carbocycles. The Kier molecular flexibility index (Phi) is 5.56. The molecule has 0 spiro atoms. The fourth-order valence-corrected chi connectivity index (χ4v) is 1.29. The number of aliphatic carboxylic acids is 1. The molecule has 0 aliphatic rings. The van der Waals surface area contributed by atoms with Gasteiger partial charge in [-0.3, -0.25) is 4.79 Å². The van der Waals surface area contributed by atoms with Gasteiger partial charge in [-0.1, -0.05) is 0 Å². The van der Waals surface area contributed by atoms with Gasteiger partial charge in [-0.2, -0.15) is 10.2 Å². The average molecular weight is 252 g/mol. The van der Waals surface area contributed by atoms with Crippen LogP contribution in [0.15, 0.2) is 18.3 Å². The Labute approximate surface area is 105 Å². The van der Waals surface area contributed by atoms with Gasteiger partial charge in [0.1, 0.15) is 0 Å². The van der Waals surface area contributed by atoms with Crippen LogP contribution in [0.3, 0.4) is 0 Å². The number of urea groups is 1. The second-order valence-electron chi connectivity index (χ2n) is 3.88. The summed E-state index contributed by atoms with van der Waals surface area (Å²) in [5.74, 6) is -0.872. The van der Waals surface area contributed by atoms with Gasteiger partial charge < -0.3 is 15.7 Å². The van der Waals surface area contributed by atoms with Crippen molar-refractivity contribution in [2.45, 2.75) is 32.4 Å². The molecular formula is C11H16N4O3. The van der Waals surface area contributed by atoms with Gasteiger partial charge >= 0.3 is 12.0 Å². The second-order valence-corrected chi connectivity index (χ2v) is 3.88. The summed E-state index contributed by atoms with van der Waals surface area (Å²) in [4.78, 5) is 21.8. The molecule has 0 fully saturated rings. The molecule has 7 heteroatoms. The van der Waals surface area contributed by atoms with Crippen molar-refractivity contribution in [1.82, 2.24) is 20.8 Å². The number of rotatable bonds is 6. The smallest absolute Gasteiger partial charge is 0.315 e. The first-order valence-corrected chi connectivity index (χ1v) is 5.60. The SMILES string of the molecule is CC(CCC(=O)O)NC(=O)NCc1cccnn1. The molecule has 7 nitrogen and oxygen atoms in total. The molecule has 1 atom stereocenters. The van der Waals surface area contributed by atoms with E-state index < -0.39 is 5.97 Å². The number of hydrogen-bond donors (Lipinski definition) is 3. The van der Waals surface area contributed by atoms with Crippen LogP contribution in [0.5, 0.6) is 0 Å². The van der Waals surface area contributed by atoms with Crippen molar-refractivity contribution in [3.05, 3.63) is 24.0 Å². The highest BCUT2D eigenvalue weighted by Gasteiger charge is 2.08. The summed E-state index contributed by atoms with van der Waals surface area (Å²) in [6, 6.07) is 2.94. The number of aromatic nitrogens is 2. The van der Waals surface area contributed by atoms with Gasteiger partial charge in [0.25, 0.3) is 0 Å². The molecule has 1 heterocycles. The van der Waals surface area contributed by atoms with Crippen molar-refractivity contribution in [1.29, 1.82) is 0 Å². The van der Waals surface area contributed by atoms with E-state index in [1.807, 2.05) is 0 Å². The molecule has 98 valence electrons. The molecule has 0 bridgehead atoms. The van der Waals surface area contributed by atoms with Crippen molar-refractivity contribution >= 4 is 12.0 Å². The Morgan fingerprint density at radius 3 is 2.89 bits per heavy atom. The van der Waals surface area contributed by atoms with E-state index in [1.165, 1.54) is 0 Å². The highest BCUT2D eigenvalue weighted by Crippen LogP contribution is 1.96. The van der Waals surface area contributed by atoms with E-state index >= 15 is 0 Å². The Morgan fingerprint density at radius 1 is 1.50 bits per heavy atom. The first-order chi connectivity index (χ1) is 8.58. The van der Waals surface area contributed by atoms with Crippen LogP contribution in [-0.4, -0.2) is 33.3 Å². The minimum absolute atomic E-state index is 0.0333. The standard InChI is InChI=1S/C11H16N4O3/c1-8(4-5-10(16)17)14-11(18)12-7-9-3-2-6-13-15-9/h2-3,6,8H,4-5,7H2,1H3,(H,16,17)(H2,12,14,18). The van der Waals surface area contributed by atoms with Gasteiger partial charge in [0, 0.05) is 18.7 Å². The zero-order valence-electron chi connectivity index (χ0n) is 10.1. The Bertz CT molecular complexity index is 397. The highest BCUT2D eigenvalue weighted by atomic mass is 16.4. The molecular weight excluding hydrogens is 236 g/mol. The Balaban J connectivity index is 2.23. The predicted octanol–water partition coefficient (Wildman–Crippen LogP) is 0.529. The van der Waals surface area contributed by atoms with Crippen molar-refractivity contribution in [3.8, 4) is 0 Å². The summed E-state index contributed by atoms with van der Waals surface area (Å²) in [6.45, 7) is 2.04. The van der Waals surface area contributed by atoms with Crippen molar-refractivity contribution < 1.29 is 14.7 Å². The summed E-state index contributed by atoms with van der Waals surface area (Å²) < 4.78 is 0. The van der Waals surface area contributed by atoms with Crippen LogP contribution in [0, 0.1) is 0 Å². The number of carboxylic acid groups (broad SMARTS) is 1. The fraction of sp³-hybridized carbons (Fsp3) is 0.455. The van der Waals surface area contributed by atoms with Gasteiger partial charge in [-0.15, -0.1) is 0 Å². The quantitative estimate of drug-likeness (QED) is 0.685. The minimum Gasteiger partial charge on any atom is -0.481 e. The van der Waals surface area contributed by atoms with Crippen LogP contribution >= 0.6 is 0 Å². The molecule has 3 N–H and O–H groups in total. The lowest BCUT2D eigenvalue weighted by atomic mass is 10.2. The fourth-order valence-electron chi connectivity index (χ4n) is 1.29. The number of carbonyl (C=O) groups is 2. The summed E-state index contributed by atoms with van der Waals surface area (Å²) in [7, 11) is 0. The van der Waals surface area contributed by atoms with Crippen LogP contribution < -0.4 is 10.6 Å². The zero-order valence-corrected chi connectivity index (χ0v) is 10.1. The third-order valence-corrected chi connectivity index (χ3v) is 2.23. The average Bonchev–Trinajstić information content (AvgIpc) is 2.35. The van der Waals surface area contributed by atoms with Crippen molar-refractivity contribution in [2.75, 3.05) is 0 Å². The van der Waals surface area contributed by atoms with E-state index in [0.29, 0.717) is 12.1 Å². The van der Waals surface area contributed by atoms with E-state index in [0.717, 1.165) is 0 Å².